The minimum Gasteiger partial charge on any atom is -0.350 e. The van der Waals surface area contributed by atoms with E-state index in [2.05, 4.69) is 10.4 Å². The van der Waals surface area contributed by atoms with Crippen LogP contribution in [0.25, 0.3) is 10.8 Å². The van der Waals surface area contributed by atoms with Crippen molar-refractivity contribution in [1.29, 1.82) is 0 Å². The number of aromatic nitrogens is 2. The number of halogens is 1. The Kier molecular flexibility index (Phi) is 5.66. The summed E-state index contributed by atoms with van der Waals surface area (Å²) in [5.74, 6) is -1.29. The molecule has 33 heavy (non-hydrogen) atoms. The first-order valence-electron chi connectivity index (χ1n) is 11.4. The largest absolute Gasteiger partial charge is 0.350 e. The number of carbonyl (C=O) groups excluding carboxylic acids is 2. The Hall–Kier alpha value is -3.55. The Morgan fingerprint density at radius 1 is 1.03 bits per heavy atom. The fourth-order valence-electron chi connectivity index (χ4n) is 4.87. The predicted molar refractivity (Wildman–Crippen MR) is 122 cm³/mol. The predicted octanol–water partition coefficient (Wildman–Crippen LogP) is 3.32. The summed E-state index contributed by atoms with van der Waals surface area (Å²) in [4.78, 5) is 39.8. The molecule has 1 saturated heterocycles. The first kappa shape index (κ1) is 21.3. The summed E-state index contributed by atoms with van der Waals surface area (Å²) in [6, 6.07) is 13.1. The van der Waals surface area contributed by atoms with Gasteiger partial charge < -0.3 is 10.2 Å². The molecule has 1 aliphatic heterocycles. The van der Waals surface area contributed by atoms with Crippen molar-refractivity contribution in [2.75, 3.05) is 11.4 Å². The first-order chi connectivity index (χ1) is 16.0. The number of amides is 2. The van der Waals surface area contributed by atoms with Crippen LogP contribution < -0.4 is 15.8 Å². The summed E-state index contributed by atoms with van der Waals surface area (Å²) in [6.07, 6.45) is 4.12. The summed E-state index contributed by atoms with van der Waals surface area (Å²) in [7, 11) is 0. The topological polar surface area (TPSA) is 84.3 Å². The van der Waals surface area contributed by atoms with E-state index in [0.29, 0.717) is 16.8 Å². The number of nitrogens with zero attached hydrogens (tertiary/aromatic N) is 3. The molecule has 5 rings (SSSR count). The summed E-state index contributed by atoms with van der Waals surface area (Å²) in [6.45, 7) is 0.416. The molecule has 1 atom stereocenters. The zero-order valence-corrected chi connectivity index (χ0v) is 18.2. The average Bonchev–Trinajstić information content (AvgIpc) is 3.49. The van der Waals surface area contributed by atoms with Crippen LogP contribution in [0.3, 0.4) is 0 Å². The Morgan fingerprint density at radius 2 is 1.73 bits per heavy atom. The van der Waals surface area contributed by atoms with Gasteiger partial charge in [0.05, 0.1) is 29.6 Å². The molecule has 0 radical (unpaired) electrons. The number of nitrogens with one attached hydrogen (secondary N) is 1. The number of fused-ring (bicyclic) bond motifs is 1. The molecule has 2 aromatic carbocycles. The SMILES string of the molecule is O=C(NCc1nn(C2CCCC2)c(=O)c2ccccc12)C1CC(=O)N(c2ccc(F)cc2)C1. The molecule has 1 N–H and O–H groups in total. The Morgan fingerprint density at radius 3 is 2.45 bits per heavy atom. The lowest BCUT2D eigenvalue weighted by Crippen LogP contribution is -2.34. The maximum absolute atomic E-state index is 13.2. The maximum Gasteiger partial charge on any atom is 0.274 e. The van der Waals surface area contributed by atoms with Crippen molar-refractivity contribution in [1.82, 2.24) is 15.1 Å². The number of hydrogen-bond donors (Lipinski definition) is 1. The fourth-order valence-corrected chi connectivity index (χ4v) is 4.87. The third-order valence-electron chi connectivity index (χ3n) is 6.64. The molecule has 2 aliphatic rings. The van der Waals surface area contributed by atoms with Crippen LogP contribution in [0, 0.1) is 11.7 Å². The quantitative estimate of drug-likeness (QED) is 0.649. The van der Waals surface area contributed by atoms with Crippen LogP contribution in [0.15, 0.2) is 53.3 Å². The highest BCUT2D eigenvalue weighted by molar-refractivity contribution is 6.00. The van der Waals surface area contributed by atoms with E-state index in [9.17, 15) is 18.8 Å². The van der Waals surface area contributed by atoms with Crippen LogP contribution in [0.2, 0.25) is 0 Å². The number of carbonyl (C=O) groups is 2. The van der Waals surface area contributed by atoms with Crippen molar-refractivity contribution < 1.29 is 14.0 Å². The van der Waals surface area contributed by atoms with Gasteiger partial charge in [0, 0.05) is 24.0 Å². The highest BCUT2D eigenvalue weighted by Gasteiger charge is 2.35. The second-order valence-electron chi connectivity index (χ2n) is 8.78. The molecular weight excluding hydrogens is 423 g/mol. The first-order valence-corrected chi connectivity index (χ1v) is 11.4. The standard InChI is InChI=1S/C25H25FN4O3/c26-17-9-11-18(12-10-17)29-15-16(13-23(29)31)24(32)27-14-22-20-7-3-4-8-21(20)25(33)30(28-22)19-5-1-2-6-19/h3-4,7-12,16,19H,1-2,5-6,13-15H2,(H,27,32). The van der Waals surface area contributed by atoms with Gasteiger partial charge in [0.1, 0.15) is 5.82 Å². The molecule has 2 amide bonds. The van der Waals surface area contributed by atoms with Gasteiger partial charge in [-0.2, -0.15) is 5.10 Å². The number of anilines is 1. The Labute approximate surface area is 190 Å². The molecule has 1 aromatic heterocycles. The normalized spacial score (nSPS) is 18.9. The maximum atomic E-state index is 13.2. The molecule has 0 bridgehead atoms. The van der Waals surface area contributed by atoms with Crippen molar-refractivity contribution in [3.63, 3.8) is 0 Å². The van der Waals surface area contributed by atoms with Crippen molar-refractivity contribution in [2.45, 2.75) is 44.7 Å². The molecule has 0 spiro atoms. The van der Waals surface area contributed by atoms with E-state index < -0.39 is 5.92 Å². The van der Waals surface area contributed by atoms with Gasteiger partial charge in [0.2, 0.25) is 11.8 Å². The Balaban J connectivity index is 1.34. The molecule has 7 nitrogen and oxygen atoms in total. The van der Waals surface area contributed by atoms with Gasteiger partial charge in [0.15, 0.2) is 0 Å². The van der Waals surface area contributed by atoms with Crippen molar-refractivity contribution in [3.05, 3.63) is 70.4 Å². The van der Waals surface area contributed by atoms with E-state index in [-0.39, 0.29) is 48.7 Å². The third kappa shape index (κ3) is 4.13. The molecule has 8 heteroatoms. The summed E-state index contributed by atoms with van der Waals surface area (Å²) in [5, 5.41) is 8.89. The molecule has 1 saturated carbocycles. The van der Waals surface area contributed by atoms with Gasteiger partial charge in [-0.15, -0.1) is 0 Å². The third-order valence-corrected chi connectivity index (χ3v) is 6.64. The van der Waals surface area contributed by atoms with Gasteiger partial charge >= 0.3 is 0 Å². The minimum absolute atomic E-state index is 0.0910. The molecule has 2 fully saturated rings. The summed E-state index contributed by atoms with van der Waals surface area (Å²) in [5.41, 5.74) is 1.13. The Bertz CT molecular complexity index is 1260. The van der Waals surface area contributed by atoms with Gasteiger partial charge in [-0.25, -0.2) is 9.07 Å². The fraction of sp³-hybridized carbons (Fsp3) is 0.360. The van der Waals surface area contributed by atoms with E-state index in [1.165, 1.54) is 29.2 Å². The molecule has 3 aromatic rings. The summed E-state index contributed by atoms with van der Waals surface area (Å²) < 4.78 is 14.8. The second kappa shape index (κ2) is 8.77. The van der Waals surface area contributed by atoms with E-state index in [4.69, 9.17) is 0 Å². The highest BCUT2D eigenvalue weighted by Crippen LogP contribution is 2.29. The zero-order chi connectivity index (χ0) is 22.9. The van der Waals surface area contributed by atoms with Crippen LogP contribution in [-0.2, 0) is 16.1 Å². The monoisotopic (exact) mass is 448 g/mol. The van der Waals surface area contributed by atoms with Gasteiger partial charge in [0.25, 0.3) is 5.56 Å². The summed E-state index contributed by atoms with van der Waals surface area (Å²) >= 11 is 0. The van der Waals surface area contributed by atoms with Crippen LogP contribution in [0.5, 0.6) is 0 Å². The van der Waals surface area contributed by atoms with E-state index >= 15 is 0 Å². The molecule has 2 heterocycles. The van der Waals surface area contributed by atoms with Gasteiger partial charge in [-0.3, -0.25) is 14.4 Å². The minimum atomic E-state index is -0.505. The molecular formula is C25H25FN4O3. The number of benzene rings is 2. The van der Waals surface area contributed by atoms with E-state index in [1.54, 1.807) is 10.7 Å². The lowest BCUT2D eigenvalue weighted by atomic mass is 10.1. The van der Waals surface area contributed by atoms with Crippen molar-refractivity contribution in [3.8, 4) is 0 Å². The van der Waals surface area contributed by atoms with Gasteiger partial charge in [-0.05, 0) is 43.2 Å². The van der Waals surface area contributed by atoms with Gasteiger partial charge in [-0.1, -0.05) is 31.0 Å². The van der Waals surface area contributed by atoms with E-state index in [0.717, 1.165) is 31.1 Å². The lowest BCUT2D eigenvalue weighted by molar-refractivity contribution is -0.126. The van der Waals surface area contributed by atoms with Crippen LogP contribution in [0.4, 0.5) is 10.1 Å². The van der Waals surface area contributed by atoms with E-state index in [1.807, 2.05) is 18.2 Å². The molecule has 1 aliphatic carbocycles. The van der Waals surface area contributed by atoms with Crippen LogP contribution >= 0.6 is 0 Å². The van der Waals surface area contributed by atoms with Crippen molar-refractivity contribution >= 4 is 28.3 Å². The highest BCUT2D eigenvalue weighted by atomic mass is 19.1. The smallest absolute Gasteiger partial charge is 0.274 e. The second-order valence-corrected chi connectivity index (χ2v) is 8.78. The molecule has 1 unspecified atom stereocenters. The molecule has 170 valence electrons. The zero-order valence-electron chi connectivity index (χ0n) is 18.2. The number of hydrogen-bond acceptors (Lipinski definition) is 4. The average molecular weight is 448 g/mol. The van der Waals surface area contributed by atoms with Crippen LogP contribution in [0.1, 0.15) is 43.8 Å². The van der Waals surface area contributed by atoms with Crippen molar-refractivity contribution in [2.24, 2.45) is 5.92 Å². The number of rotatable bonds is 5. The van der Waals surface area contributed by atoms with Crippen LogP contribution in [-0.4, -0.2) is 28.1 Å². The lowest BCUT2D eigenvalue weighted by Gasteiger charge is -2.18.